The first-order chi connectivity index (χ1) is 7.19. The van der Waals surface area contributed by atoms with Crippen LogP contribution in [0.4, 0.5) is 0 Å². The molecule has 0 radical (unpaired) electrons. The predicted octanol–water partition coefficient (Wildman–Crippen LogP) is -4.50. The molecule has 0 rings (SSSR count). The molecule has 9 nitrogen and oxygen atoms in total. The molecule has 16 heavy (non-hydrogen) atoms. The van der Waals surface area contributed by atoms with Crippen LogP contribution in [0.25, 0.3) is 0 Å². The van der Waals surface area contributed by atoms with Crippen molar-refractivity contribution in [3.05, 3.63) is 0 Å². The average molecular weight is 304 g/mol. The van der Waals surface area contributed by atoms with Crippen LogP contribution in [0.3, 0.4) is 0 Å². The minimum absolute atomic E-state index is 0.0612. The normalized spacial score (nSPS) is 19.9. The number of hydrogen-bond acceptors (Lipinski definition) is 7. The van der Waals surface area contributed by atoms with Crippen LogP contribution in [0.15, 0.2) is 0 Å². The average Bonchev–Trinajstić information content (AvgIpc) is 2.21. The SMILES string of the molecule is O=CC(O)C(O)C(O)C(O)CO[As](=O)(O)O. The summed E-state index contributed by atoms with van der Waals surface area (Å²) < 4.78 is 30.9. The zero-order valence-corrected chi connectivity index (χ0v) is 9.83. The molecule has 0 fully saturated rings. The molecule has 0 saturated heterocycles. The second-order valence-electron chi connectivity index (χ2n) is 2.96. The Kier molecular flexibility index (Phi) is 6.37. The summed E-state index contributed by atoms with van der Waals surface area (Å²) in [5, 5.41) is 36.1. The Morgan fingerprint density at radius 2 is 1.62 bits per heavy atom. The topological polar surface area (TPSA) is 165 Å². The number of aliphatic hydroxyl groups is 4. The molecule has 0 aromatic heterocycles. The fraction of sp³-hybridized carbons (Fsp3) is 0.833. The van der Waals surface area contributed by atoms with Crippen molar-refractivity contribution < 1.29 is 40.9 Å². The second kappa shape index (κ2) is 6.48. The maximum absolute atomic E-state index is 10.3. The summed E-state index contributed by atoms with van der Waals surface area (Å²) in [4.78, 5) is 10.0. The zero-order chi connectivity index (χ0) is 12.9. The van der Waals surface area contributed by atoms with Crippen molar-refractivity contribution in [2.24, 2.45) is 0 Å². The Bertz CT molecular complexity index is 263. The fourth-order valence-electron chi connectivity index (χ4n) is 0.782. The van der Waals surface area contributed by atoms with Gasteiger partial charge in [-0.15, -0.1) is 0 Å². The molecule has 0 amide bonds. The van der Waals surface area contributed by atoms with E-state index in [1.165, 1.54) is 0 Å². The third-order valence-corrected chi connectivity index (χ3v) is 2.67. The van der Waals surface area contributed by atoms with Gasteiger partial charge in [-0.2, -0.15) is 0 Å². The molecule has 0 aliphatic carbocycles. The van der Waals surface area contributed by atoms with Crippen LogP contribution in [-0.2, 0) is 12.3 Å². The van der Waals surface area contributed by atoms with Gasteiger partial charge in [0.2, 0.25) is 0 Å². The first-order valence-electron chi connectivity index (χ1n) is 4.06. The van der Waals surface area contributed by atoms with Crippen LogP contribution in [0.5, 0.6) is 0 Å². The molecule has 0 bridgehead atoms. The molecule has 0 saturated carbocycles. The van der Waals surface area contributed by atoms with Crippen LogP contribution in [0, 0.1) is 0 Å². The number of hydrogen-bond donors (Lipinski definition) is 6. The van der Waals surface area contributed by atoms with E-state index >= 15 is 0 Å². The van der Waals surface area contributed by atoms with Crippen molar-refractivity contribution >= 4 is 20.8 Å². The standard InChI is InChI=1S/C6H13AsO9/c8-1-3(9)5(11)6(12)4(10)2-16-7(13,14)15/h1,3-6,9-12H,2H2,(H2,13,14,15). The van der Waals surface area contributed by atoms with Gasteiger partial charge in [0.25, 0.3) is 0 Å². The number of carbonyl (C=O) groups excluding carboxylic acids is 1. The second-order valence-corrected chi connectivity index (χ2v) is 5.56. The Balaban J connectivity index is 4.22. The molecule has 96 valence electrons. The van der Waals surface area contributed by atoms with E-state index in [0.717, 1.165) is 0 Å². The van der Waals surface area contributed by atoms with Gasteiger partial charge < -0.3 is 0 Å². The first-order valence-corrected chi connectivity index (χ1v) is 7.27. The van der Waals surface area contributed by atoms with Crippen molar-refractivity contribution in [3.8, 4) is 0 Å². The Morgan fingerprint density at radius 3 is 2.00 bits per heavy atom. The van der Waals surface area contributed by atoms with E-state index < -0.39 is 45.5 Å². The minimum atomic E-state index is -5.39. The molecule has 0 spiro atoms. The molecule has 0 aliphatic rings. The molecule has 0 aromatic rings. The zero-order valence-electron chi connectivity index (χ0n) is 7.95. The molecular weight excluding hydrogens is 291 g/mol. The van der Waals surface area contributed by atoms with Gasteiger partial charge in [0.1, 0.15) is 0 Å². The van der Waals surface area contributed by atoms with Crippen LogP contribution in [0.1, 0.15) is 0 Å². The van der Waals surface area contributed by atoms with E-state index in [0.29, 0.717) is 0 Å². The van der Waals surface area contributed by atoms with Crippen molar-refractivity contribution in [1.82, 2.24) is 0 Å². The van der Waals surface area contributed by atoms with Crippen LogP contribution < -0.4 is 0 Å². The molecule has 0 heterocycles. The van der Waals surface area contributed by atoms with Crippen molar-refractivity contribution in [2.75, 3.05) is 6.61 Å². The van der Waals surface area contributed by atoms with E-state index in [1.807, 2.05) is 0 Å². The van der Waals surface area contributed by atoms with E-state index in [-0.39, 0.29) is 6.29 Å². The number of rotatable bonds is 7. The molecule has 10 heteroatoms. The number of aldehydes is 1. The third kappa shape index (κ3) is 5.73. The van der Waals surface area contributed by atoms with Crippen LogP contribution in [0.2, 0.25) is 0 Å². The third-order valence-electron chi connectivity index (χ3n) is 1.65. The van der Waals surface area contributed by atoms with Gasteiger partial charge in [0, 0.05) is 0 Å². The maximum atomic E-state index is 10.3. The van der Waals surface area contributed by atoms with E-state index in [9.17, 15) is 8.53 Å². The van der Waals surface area contributed by atoms with E-state index in [1.54, 1.807) is 0 Å². The molecular formula is C6H13AsO9. The van der Waals surface area contributed by atoms with Crippen molar-refractivity contribution in [2.45, 2.75) is 24.4 Å². The van der Waals surface area contributed by atoms with Gasteiger partial charge in [-0.1, -0.05) is 0 Å². The molecule has 0 aliphatic heterocycles. The van der Waals surface area contributed by atoms with Gasteiger partial charge in [-0.05, 0) is 0 Å². The molecule has 4 unspecified atom stereocenters. The van der Waals surface area contributed by atoms with Crippen LogP contribution in [-0.4, -0.2) is 80.4 Å². The number of carbonyl (C=O) groups is 1. The van der Waals surface area contributed by atoms with Gasteiger partial charge in [-0.25, -0.2) is 0 Å². The predicted molar refractivity (Wildman–Crippen MR) is 46.9 cm³/mol. The van der Waals surface area contributed by atoms with Gasteiger partial charge >= 0.3 is 92.7 Å². The summed E-state index contributed by atoms with van der Waals surface area (Å²) in [5.41, 5.74) is 0. The van der Waals surface area contributed by atoms with Crippen molar-refractivity contribution in [3.63, 3.8) is 0 Å². The Labute approximate surface area is 93.3 Å². The Morgan fingerprint density at radius 1 is 1.12 bits per heavy atom. The van der Waals surface area contributed by atoms with Crippen molar-refractivity contribution in [1.29, 1.82) is 0 Å². The summed E-state index contributed by atoms with van der Waals surface area (Å²) >= 11 is -5.39. The summed E-state index contributed by atoms with van der Waals surface area (Å²) in [6.45, 7) is -0.937. The van der Waals surface area contributed by atoms with Gasteiger partial charge in [0.05, 0.1) is 0 Å². The summed E-state index contributed by atoms with van der Waals surface area (Å²) in [7, 11) is 0. The molecule has 0 aromatic carbocycles. The summed E-state index contributed by atoms with van der Waals surface area (Å²) in [6.07, 6.45) is -7.76. The first kappa shape index (κ1) is 15.7. The quantitative estimate of drug-likeness (QED) is 0.201. The monoisotopic (exact) mass is 304 g/mol. The van der Waals surface area contributed by atoms with E-state index in [4.69, 9.17) is 28.6 Å². The summed E-state index contributed by atoms with van der Waals surface area (Å²) in [6, 6.07) is 0. The van der Waals surface area contributed by atoms with Crippen LogP contribution >= 0.6 is 0 Å². The fourth-order valence-corrected chi connectivity index (χ4v) is 1.51. The van der Waals surface area contributed by atoms with E-state index in [2.05, 4.69) is 3.73 Å². The molecule has 4 atom stereocenters. The number of aliphatic hydroxyl groups excluding tert-OH is 4. The van der Waals surface area contributed by atoms with Gasteiger partial charge in [0.15, 0.2) is 0 Å². The summed E-state index contributed by atoms with van der Waals surface area (Å²) in [5.74, 6) is 0. The Hall–Kier alpha value is -0.252. The molecule has 6 N–H and O–H groups in total. The van der Waals surface area contributed by atoms with Gasteiger partial charge in [-0.3, -0.25) is 0 Å².